The monoisotopic (exact) mass is 315 g/mol. The Morgan fingerprint density at radius 1 is 1.52 bits per heavy atom. The molecule has 9 heteroatoms. The second kappa shape index (κ2) is 6.37. The van der Waals surface area contributed by atoms with Crippen molar-refractivity contribution in [3.8, 4) is 5.75 Å². The van der Waals surface area contributed by atoms with Crippen LogP contribution in [0.4, 0.5) is 5.69 Å². The predicted molar refractivity (Wildman–Crippen MR) is 75.9 cm³/mol. The summed E-state index contributed by atoms with van der Waals surface area (Å²) in [4.78, 5) is 9.92. The van der Waals surface area contributed by atoms with E-state index in [1.807, 2.05) is 0 Å². The molecule has 116 valence electrons. The minimum Gasteiger partial charge on any atom is -0.495 e. The first-order chi connectivity index (χ1) is 9.94. The molecule has 0 aliphatic carbocycles. The van der Waals surface area contributed by atoms with Crippen molar-refractivity contribution in [2.45, 2.75) is 23.8 Å². The van der Waals surface area contributed by atoms with Crippen molar-refractivity contribution in [2.75, 3.05) is 20.2 Å². The van der Waals surface area contributed by atoms with Crippen LogP contribution in [-0.2, 0) is 10.0 Å². The van der Waals surface area contributed by atoms with E-state index >= 15 is 0 Å². The van der Waals surface area contributed by atoms with E-state index in [9.17, 15) is 18.5 Å². The summed E-state index contributed by atoms with van der Waals surface area (Å²) < 4.78 is 32.0. The quantitative estimate of drug-likeness (QED) is 0.588. The van der Waals surface area contributed by atoms with Gasteiger partial charge in [-0.05, 0) is 25.5 Å². The Bertz CT molecular complexity index is 626. The SMILES string of the molecule is COc1ccc([N+](=O)[O-])cc1S(=O)(=O)NCC1CCCN1. The first-order valence-corrected chi connectivity index (χ1v) is 7.98. The topological polar surface area (TPSA) is 111 Å². The van der Waals surface area contributed by atoms with Crippen molar-refractivity contribution in [3.63, 3.8) is 0 Å². The Kier molecular flexibility index (Phi) is 4.76. The van der Waals surface area contributed by atoms with Crippen LogP contribution in [0.25, 0.3) is 0 Å². The number of nitro groups is 1. The van der Waals surface area contributed by atoms with Crippen LogP contribution >= 0.6 is 0 Å². The van der Waals surface area contributed by atoms with Gasteiger partial charge in [-0.3, -0.25) is 10.1 Å². The van der Waals surface area contributed by atoms with Crippen molar-refractivity contribution in [3.05, 3.63) is 28.3 Å². The fourth-order valence-corrected chi connectivity index (χ4v) is 3.48. The number of nitrogens with zero attached hydrogens (tertiary/aromatic N) is 1. The summed E-state index contributed by atoms with van der Waals surface area (Å²) >= 11 is 0. The zero-order chi connectivity index (χ0) is 15.5. The summed E-state index contributed by atoms with van der Waals surface area (Å²) in [5.41, 5.74) is -0.296. The maximum Gasteiger partial charge on any atom is 0.271 e. The number of hydrogen-bond donors (Lipinski definition) is 2. The van der Waals surface area contributed by atoms with E-state index in [0.29, 0.717) is 0 Å². The normalized spacial score (nSPS) is 18.6. The van der Waals surface area contributed by atoms with Gasteiger partial charge in [0.05, 0.1) is 12.0 Å². The molecule has 2 rings (SSSR count). The highest BCUT2D eigenvalue weighted by molar-refractivity contribution is 7.89. The number of ether oxygens (including phenoxy) is 1. The molecule has 1 aromatic rings. The molecule has 2 N–H and O–H groups in total. The Hall–Kier alpha value is -1.71. The van der Waals surface area contributed by atoms with E-state index in [-0.39, 0.29) is 28.9 Å². The lowest BCUT2D eigenvalue weighted by Gasteiger charge is -2.13. The van der Waals surface area contributed by atoms with Crippen LogP contribution in [-0.4, -0.2) is 39.6 Å². The van der Waals surface area contributed by atoms with Gasteiger partial charge in [0, 0.05) is 24.7 Å². The van der Waals surface area contributed by atoms with Gasteiger partial charge in [0.1, 0.15) is 10.6 Å². The molecule has 0 aromatic heterocycles. The van der Waals surface area contributed by atoms with E-state index in [4.69, 9.17) is 4.74 Å². The van der Waals surface area contributed by atoms with Gasteiger partial charge in [-0.25, -0.2) is 13.1 Å². The number of benzene rings is 1. The Morgan fingerprint density at radius 3 is 2.86 bits per heavy atom. The molecule has 1 saturated heterocycles. The van der Waals surface area contributed by atoms with Crippen LogP contribution < -0.4 is 14.8 Å². The predicted octanol–water partition coefficient (Wildman–Crippen LogP) is 0.634. The molecular weight excluding hydrogens is 298 g/mol. The highest BCUT2D eigenvalue weighted by Crippen LogP contribution is 2.28. The van der Waals surface area contributed by atoms with Crippen LogP contribution in [0.15, 0.2) is 23.1 Å². The lowest BCUT2D eigenvalue weighted by Crippen LogP contribution is -2.37. The summed E-state index contributed by atoms with van der Waals surface area (Å²) in [7, 11) is -2.55. The van der Waals surface area contributed by atoms with Gasteiger partial charge >= 0.3 is 0 Å². The average Bonchev–Trinajstić information content (AvgIpc) is 2.98. The third-order valence-electron chi connectivity index (χ3n) is 3.33. The van der Waals surface area contributed by atoms with Crippen LogP contribution in [0.5, 0.6) is 5.75 Å². The van der Waals surface area contributed by atoms with Crippen molar-refractivity contribution in [1.29, 1.82) is 0 Å². The fourth-order valence-electron chi connectivity index (χ4n) is 2.21. The number of rotatable bonds is 6. The smallest absolute Gasteiger partial charge is 0.271 e. The van der Waals surface area contributed by atoms with Gasteiger partial charge in [0.25, 0.3) is 5.69 Å². The summed E-state index contributed by atoms with van der Waals surface area (Å²) in [6.07, 6.45) is 1.90. The molecule has 1 aliphatic heterocycles. The van der Waals surface area contributed by atoms with Crippen molar-refractivity contribution >= 4 is 15.7 Å². The summed E-state index contributed by atoms with van der Waals surface area (Å²) in [6.45, 7) is 1.11. The molecule has 1 fully saturated rings. The number of nitro benzene ring substituents is 1. The maximum atomic E-state index is 12.3. The van der Waals surface area contributed by atoms with Gasteiger partial charge in [-0.1, -0.05) is 0 Å². The van der Waals surface area contributed by atoms with E-state index in [2.05, 4.69) is 10.0 Å². The van der Waals surface area contributed by atoms with Crippen molar-refractivity contribution in [2.24, 2.45) is 0 Å². The van der Waals surface area contributed by atoms with E-state index in [0.717, 1.165) is 25.5 Å². The molecular formula is C12H17N3O5S. The Balaban J connectivity index is 2.24. The Labute approximate surface area is 122 Å². The number of methoxy groups -OCH3 is 1. The molecule has 1 atom stereocenters. The third-order valence-corrected chi connectivity index (χ3v) is 4.77. The summed E-state index contributed by atoms with van der Waals surface area (Å²) in [5.74, 6) is 0.0764. The average molecular weight is 315 g/mol. The van der Waals surface area contributed by atoms with E-state index in [1.165, 1.54) is 19.2 Å². The minimum atomic E-state index is -3.87. The van der Waals surface area contributed by atoms with Crippen molar-refractivity contribution < 1.29 is 18.1 Å². The zero-order valence-electron chi connectivity index (χ0n) is 11.5. The van der Waals surface area contributed by atoms with E-state index in [1.54, 1.807) is 0 Å². The first-order valence-electron chi connectivity index (χ1n) is 6.49. The molecule has 1 aromatic carbocycles. The van der Waals surface area contributed by atoms with Gasteiger partial charge in [-0.2, -0.15) is 0 Å². The van der Waals surface area contributed by atoms with Crippen molar-refractivity contribution in [1.82, 2.24) is 10.0 Å². The van der Waals surface area contributed by atoms with Gasteiger partial charge < -0.3 is 10.1 Å². The van der Waals surface area contributed by atoms with Gasteiger partial charge in [-0.15, -0.1) is 0 Å². The molecule has 0 amide bonds. The molecule has 1 heterocycles. The Morgan fingerprint density at radius 2 is 2.29 bits per heavy atom. The van der Waals surface area contributed by atoms with E-state index < -0.39 is 14.9 Å². The fraction of sp³-hybridized carbons (Fsp3) is 0.500. The highest BCUT2D eigenvalue weighted by Gasteiger charge is 2.24. The maximum absolute atomic E-state index is 12.3. The second-order valence-corrected chi connectivity index (χ2v) is 6.47. The molecule has 8 nitrogen and oxygen atoms in total. The second-order valence-electron chi connectivity index (χ2n) is 4.74. The molecule has 0 saturated carbocycles. The molecule has 0 spiro atoms. The molecule has 1 unspecified atom stereocenters. The third kappa shape index (κ3) is 3.69. The van der Waals surface area contributed by atoms with Crippen LogP contribution in [0.2, 0.25) is 0 Å². The standard InChI is InChI=1S/C12H17N3O5S/c1-20-11-5-4-10(15(16)17)7-12(11)21(18,19)14-8-9-3-2-6-13-9/h4-5,7,9,13-14H,2-3,6,8H2,1H3. The lowest BCUT2D eigenvalue weighted by atomic mass is 10.2. The number of sulfonamides is 1. The minimum absolute atomic E-state index is 0.0764. The zero-order valence-corrected chi connectivity index (χ0v) is 12.4. The molecule has 1 aliphatic rings. The highest BCUT2D eigenvalue weighted by atomic mass is 32.2. The number of hydrogen-bond acceptors (Lipinski definition) is 6. The number of non-ortho nitro benzene ring substituents is 1. The van der Waals surface area contributed by atoms with Crippen LogP contribution in [0.1, 0.15) is 12.8 Å². The summed E-state index contributed by atoms with van der Waals surface area (Å²) in [6, 6.07) is 3.57. The number of nitrogens with one attached hydrogen (secondary N) is 2. The van der Waals surface area contributed by atoms with Crippen LogP contribution in [0.3, 0.4) is 0 Å². The first kappa shape index (κ1) is 15.7. The van der Waals surface area contributed by atoms with Gasteiger partial charge in [0.2, 0.25) is 10.0 Å². The largest absolute Gasteiger partial charge is 0.495 e. The lowest BCUT2D eigenvalue weighted by molar-refractivity contribution is -0.385. The summed E-state index contributed by atoms with van der Waals surface area (Å²) in [5, 5.41) is 14.0. The van der Waals surface area contributed by atoms with Crippen LogP contribution in [0, 0.1) is 10.1 Å². The molecule has 0 bridgehead atoms. The molecule has 21 heavy (non-hydrogen) atoms. The molecule has 0 radical (unpaired) electrons. The van der Waals surface area contributed by atoms with Gasteiger partial charge in [0.15, 0.2) is 0 Å².